The first-order chi connectivity index (χ1) is 10.2. The highest BCUT2D eigenvalue weighted by Crippen LogP contribution is 2.66. The molecule has 5 atom stereocenters. The lowest BCUT2D eigenvalue weighted by Gasteiger charge is -2.43. The number of esters is 2. The van der Waals surface area contributed by atoms with Crippen molar-refractivity contribution in [3.05, 3.63) is 11.6 Å². The van der Waals surface area contributed by atoms with Crippen LogP contribution in [-0.4, -0.2) is 23.6 Å². The summed E-state index contributed by atoms with van der Waals surface area (Å²) in [6.07, 6.45) is 5.54. The normalized spacial score (nSPS) is 47.5. The van der Waals surface area contributed by atoms with Gasteiger partial charge in [0.15, 0.2) is 0 Å². The van der Waals surface area contributed by atoms with E-state index in [0.717, 1.165) is 12.8 Å². The van der Waals surface area contributed by atoms with E-state index in [1.807, 2.05) is 20.8 Å². The van der Waals surface area contributed by atoms with E-state index < -0.39 is 16.4 Å². The number of ether oxygens (including phenoxy) is 2. The molecule has 4 nitrogen and oxygen atoms in total. The van der Waals surface area contributed by atoms with E-state index in [2.05, 4.69) is 13.0 Å². The molecule has 0 spiro atoms. The lowest BCUT2D eigenvalue weighted by molar-refractivity contribution is -0.194. The van der Waals surface area contributed by atoms with Gasteiger partial charge >= 0.3 is 11.9 Å². The molecule has 2 saturated carbocycles. The van der Waals surface area contributed by atoms with Gasteiger partial charge in [0, 0.05) is 11.3 Å². The maximum atomic E-state index is 12.9. The van der Waals surface area contributed by atoms with E-state index in [4.69, 9.17) is 9.47 Å². The first kappa shape index (κ1) is 14.3. The monoisotopic (exact) mass is 304 g/mol. The SMILES string of the molecule is CC1=CC[C@@H]2C[C@H](OC(=O)[C@@]34CC[C@@](C)(C(=O)O3)C4(C)C)[C@H]12. The predicted molar refractivity (Wildman–Crippen MR) is 79.8 cm³/mol. The van der Waals surface area contributed by atoms with Crippen molar-refractivity contribution in [3.8, 4) is 0 Å². The topological polar surface area (TPSA) is 52.6 Å². The number of hydrogen-bond acceptors (Lipinski definition) is 4. The fourth-order valence-electron chi connectivity index (χ4n) is 5.14. The Morgan fingerprint density at radius 2 is 2.05 bits per heavy atom. The molecular formula is C18H24O4. The number of hydrogen-bond donors (Lipinski definition) is 0. The maximum absolute atomic E-state index is 12.9. The van der Waals surface area contributed by atoms with Gasteiger partial charge in [-0.3, -0.25) is 4.79 Å². The number of allylic oxidation sites excluding steroid dienone is 1. The fraction of sp³-hybridized carbons (Fsp3) is 0.778. The number of rotatable bonds is 2. The first-order valence-corrected chi connectivity index (χ1v) is 8.34. The Hall–Kier alpha value is -1.32. The van der Waals surface area contributed by atoms with E-state index in [9.17, 15) is 9.59 Å². The minimum atomic E-state index is -1.08. The van der Waals surface area contributed by atoms with Gasteiger partial charge in [-0.15, -0.1) is 0 Å². The molecule has 0 aromatic carbocycles. The molecule has 0 aromatic heterocycles. The summed E-state index contributed by atoms with van der Waals surface area (Å²) < 4.78 is 11.5. The molecule has 0 amide bonds. The number of fused-ring (bicyclic) bond motifs is 3. The van der Waals surface area contributed by atoms with E-state index in [1.54, 1.807) is 0 Å². The Balaban J connectivity index is 1.57. The van der Waals surface area contributed by atoms with Gasteiger partial charge in [-0.2, -0.15) is 0 Å². The van der Waals surface area contributed by atoms with E-state index in [0.29, 0.717) is 24.7 Å². The van der Waals surface area contributed by atoms with Crippen LogP contribution in [-0.2, 0) is 19.1 Å². The Morgan fingerprint density at radius 3 is 2.59 bits per heavy atom. The van der Waals surface area contributed by atoms with E-state index in [1.165, 1.54) is 5.57 Å². The molecule has 4 rings (SSSR count). The third kappa shape index (κ3) is 1.35. The molecule has 3 fully saturated rings. The standard InChI is InChI=1S/C18H24O4/c1-10-5-6-11-9-12(13(10)11)21-15(20)18-8-7-17(4,14(19)22-18)16(18,2)3/h5,11-13H,6-9H2,1-4H3/t11-,12+,13-,17+,18-/m1/s1. The van der Waals surface area contributed by atoms with Crippen molar-refractivity contribution in [1.29, 1.82) is 0 Å². The summed E-state index contributed by atoms with van der Waals surface area (Å²) in [5.41, 5.74) is -0.833. The number of carbonyl (C=O) groups excluding carboxylic acids is 2. The van der Waals surface area contributed by atoms with Crippen LogP contribution >= 0.6 is 0 Å². The van der Waals surface area contributed by atoms with E-state index >= 15 is 0 Å². The van der Waals surface area contributed by atoms with Crippen LogP contribution in [0.2, 0.25) is 0 Å². The fourth-order valence-corrected chi connectivity index (χ4v) is 5.14. The van der Waals surface area contributed by atoms with Gasteiger partial charge in [0.1, 0.15) is 6.10 Å². The van der Waals surface area contributed by atoms with Crippen LogP contribution in [0, 0.1) is 22.7 Å². The third-order valence-electron chi connectivity index (χ3n) is 7.38. The minimum Gasteiger partial charge on any atom is -0.459 e. The number of carbonyl (C=O) groups is 2. The van der Waals surface area contributed by atoms with Gasteiger partial charge in [-0.05, 0) is 45.4 Å². The van der Waals surface area contributed by atoms with Gasteiger partial charge in [0.05, 0.1) is 5.41 Å². The van der Waals surface area contributed by atoms with Gasteiger partial charge < -0.3 is 9.47 Å². The van der Waals surface area contributed by atoms with Gasteiger partial charge in [0.25, 0.3) is 0 Å². The highest BCUT2D eigenvalue weighted by molar-refractivity contribution is 5.93. The van der Waals surface area contributed by atoms with Crippen molar-refractivity contribution in [1.82, 2.24) is 0 Å². The molecule has 22 heavy (non-hydrogen) atoms. The summed E-state index contributed by atoms with van der Waals surface area (Å²) in [6, 6.07) is 0. The third-order valence-corrected chi connectivity index (χ3v) is 7.38. The lowest BCUT2D eigenvalue weighted by Crippen LogP contribution is -2.52. The molecule has 0 N–H and O–H groups in total. The Kier molecular flexibility index (Phi) is 2.57. The van der Waals surface area contributed by atoms with Crippen LogP contribution in [0.3, 0.4) is 0 Å². The second kappa shape index (κ2) is 3.95. The molecule has 4 heteroatoms. The van der Waals surface area contributed by atoms with Crippen molar-refractivity contribution in [2.45, 2.75) is 65.1 Å². The van der Waals surface area contributed by atoms with E-state index in [-0.39, 0.29) is 18.0 Å². The molecule has 1 aliphatic heterocycles. The minimum absolute atomic E-state index is 0.0346. The van der Waals surface area contributed by atoms with Crippen LogP contribution in [0.15, 0.2) is 11.6 Å². The molecule has 0 radical (unpaired) electrons. The quantitative estimate of drug-likeness (QED) is 0.581. The molecule has 4 aliphatic rings. The molecule has 1 heterocycles. The Morgan fingerprint density at radius 1 is 1.32 bits per heavy atom. The van der Waals surface area contributed by atoms with Gasteiger partial charge in [-0.25, -0.2) is 4.79 Å². The molecule has 120 valence electrons. The Bertz CT molecular complexity index is 604. The second-order valence-electron chi connectivity index (χ2n) is 8.32. The zero-order valence-corrected chi connectivity index (χ0v) is 13.8. The lowest BCUT2D eigenvalue weighted by atomic mass is 9.66. The van der Waals surface area contributed by atoms with Gasteiger partial charge in [-0.1, -0.05) is 25.5 Å². The first-order valence-electron chi connectivity index (χ1n) is 8.34. The second-order valence-corrected chi connectivity index (χ2v) is 8.32. The van der Waals surface area contributed by atoms with Crippen LogP contribution < -0.4 is 0 Å². The summed E-state index contributed by atoms with van der Waals surface area (Å²) in [4.78, 5) is 25.2. The summed E-state index contributed by atoms with van der Waals surface area (Å²) in [5, 5.41) is 0. The smallest absolute Gasteiger partial charge is 0.351 e. The Labute approximate surface area is 131 Å². The molecule has 3 aliphatic carbocycles. The largest absolute Gasteiger partial charge is 0.459 e. The van der Waals surface area contributed by atoms with Crippen molar-refractivity contribution in [2.75, 3.05) is 0 Å². The van der Waals surface area contributed by atoms with Crippen LogP contribution in [0.25, 0.3) is 0 Å². The summed E-state index contributed by atoms with van der Waals surface area (Å²) in [6.45, 7) is 7.97. The van der Waals surface area contributed by atoms with Crippen LogP contribution in [0.1, 0.15) is 53.4 Å². The van der Waals surface area contributed by atoms with Crippen molar-refractivity contribution >= 4 is 11.9 Å². The predicted octanol–water partition coefficient (Wildman–Crippen LogP) is 3.01. The molecule has 0 unspecified atom stereocenters. The summed E-state index contributed by atoms with van der Waals surface area (Å²) >= 11 is 0. The van der Waals surface area contributed by atoms with Crippen molar-refractivity contribution in [2.24, 2.45) is 22.7 Å². The average molecular weight is 304 g/mol. The van der Waals surface area contributed by atoms with Crippen molar-refractivity contribution in [3.63, 3.8) is 0 Å². The molecular weight excluding hydrogens is 280 g/mol. The summed E-state index contributed by atoms with van der Waals surface area (Å²) in [7, 11) is 0. The zero-order chi connectivity index (χ0) is 15.9. The maximum Gasteiger partial charge on any atom is 0.351 e. The zero-order valence-electron chi connectivity index (χ0n) is 13.8. The van der Waals surface area contributed by atoms with Crippen LogP contribution in [0.5, 0.6) is 0 Å². The highest BCUT2D eigenvalue weighted by Gasteiger charge is 2.76. The molecule has 1 saturated heterocycles. The molecule has 2 bridgehead atoms. The summed E-state index contributed by atoms with van der Waals surface area (Å²) in [5.74, 6) is 0.455. The van der Waals surface area contributed by atoms with Gasteiger partial charge in [0.2, 0.25) is 5.60 Å². The average Bonchev–Trinajstić information content (AvgIpc) is 2.87. The van der Waals surface area contributed by atoms with Crippen LogP contribution in [0.4, 0.5) is 0 Å². The molecule has 0 aromatic rings. The highest BCUT2D eigenvalue weighted by atomic mass is 16.6. The van der Waals surface area contributed by atoms with Crippen molar-refractivity contribution < 1.29 is 19.1 Å².